The van der Waals surface area contributed by atoms with Crippen LogP contribution in [0.3, 0.4) is 0 Å². The Morgan fingerprint density at radius 3 is 2.80 bits per heavy atom. The van der Waals surface area contributed by atoms with Gasteiger partial charge in [0.25, 0.3) is 5.91 Å². The molecule has 1 rings (SSSR count). The molecule has 0 atom stereocenters. The highest BCUT2D eigenvalue weighted by Gasteiger charge is 2.24. The molecule has 1 aromatic heterocycles. The van der Waals surface area contributed by atoms with Crippen LogP contribution < -0.4 is 5.32 Å². The lowest BCUT2D eigenvalue weighted by Gasteiger charge is -2.09. The van der Waals surface area contributed by atoms with Crippen LogP contribution in [0.15, 0.2) is 18.3 Å². The van der Waals surface area contributed by atoms with Crippen LogP contribution in [0.5, 0.6) is 0 Å². The molecule has 0 aromatic carbocycles. The molecular weight excluding hydrogens is 277 g/mol. The molecule has 7 heteroatoms. The van der Waals surface area contributed by atoms with Gasteiger partial charge in [0, 0.05) is 17.8 Å². The van der Waals surface area contributed by atoms with Crippen LogP contribution >= 0.6 is 15.9 Å². The van der Waals surface area contributed by atoms with Crippen molar-refractivity contribution in [3.63, 3.8) is 0 Å². The first-order chi connectivity index (χ1) is 6.88. The maximum Gasteiger partial charge on any atom is 0.318 e. The molecule has 0 saturated carbocycles. The van der Waals surface area contributed by atoms with Gasteiger partial charge >= 0.3 is 4.83 Å². The third kappa shape index (κ3) is 4.28. The van der Waals surface area contributed by atoms with E-state index in [2.05, 4.69) is 20.9 Å². The monoisotopic (exact) mass is 282 g/mol. The van der Waals surface area contributed by atoms with Crippen LogP contribution in [0.2, 0.25) is 0 Å². The minimum Gasteiger partial charge on any atom is -0.345 e. The summed E-state index contributed by atoms with van der Waals surface area (Å²) in [7, 11) is 0. The van der Waals surface area contributed by atoms with Gasteiger partial charge in [-0.25, -0.2) is 4.98 Å². The second-order valence-electron chi connectivity index (χ2n) is 2.67. The Bertz CT molecular complexity index is 367. The molecule has 0 aliphatic rings. The number of hydrogen-bond donors (Lipinski definition) is 1. The number of carbonyl (C=O) groups excluding carboxylic acids is 1. The highest BCUT2D eigenvalue weighted by atomic mass is 79.9. The van der Waals surface area contributed by atoms with Crippen molar-refractivity contribution >= 4 is 21.8 Å². The Kier molecular flexibility index (Phi) is 3.67. The smallest absolute Gasteiger partial charge is 0.318 e. The average molecular weight is 283 g/mol. The van der Waals surface area contributed by atoms with E-state index in [1.54, 1.807) is 0 Å². The fourth-order valence-corrected chi connectivity index (χ4v) is 0.966. The molecule has 0 fully saturated rings. The van der Waals surface area contributed by atoms with Gasteiger partial charge in [-0.3, -0.25) is 4.79 Å². The molecule has 15 heavy (non-hydrogen) atoms. The summed E-state index contributed by atoms with van der Waals surface area (Å²) in [6.45, 7) is -0.865. The highest BCUT2D eigenvalue weighted by Crippen LogP contribution is 2.19. The second kappa shape index (κ2) is 4.61. The van der Waals surface area contributed by atoms with Crippen molar-refractivity contribution in [1.82, 2.24) is 10.3 Å². The standard InChI is InChI=1S/C8H6BrF3N2O/c9-8(11,12)4-14-7(15)5-1-2-13-6(10)3-5/h1-3H,4H2,(H,14,15). The van der Waals surface area contributed by atoms with Crippen LogP contribution in [0, 0.1) is 5.95 Å². The van der Waals surface area contributed by atoms with Gasteiger partial charge in [0.2, 0.25) is 5.95 Å². The van der Waals surface area contributed by atoms with Crippen LogP contribution in [-0.4, -0.2) is 22.3 Å². The SMILES string of the molecule is O=C(NCC(F)(F)Br)c1ccnc(F)c1. The zero-order valence-electron chi connectivity index (χ0n) is 7.31. The van der Waals surface area contributed by atoms with Crippen LogP contribution in [0.1, 0.15) is 10.4 Å². The summed E-state index contributed by atoms with van der Waals surface area (Å²) in [6, 6.07) is 2.09. The van der Waals surface area contributed by atoms with Gasteiger partial charge < -0.3 is 5.32 Å². The van der Waals surface area contributed by atoms with Gasteiger partial charge in [-0.2, -0.15) is 13.2 Å². The van der Waals surface area contributed by atoms with E-state index >= 15 is 0 Å². The Labute approximate surface area is 91.8 Å². The molecule has 0 unspecified atom stereocenters. The Morgan fingerprint density at radius 2 is 2.27 bits per heavy atom. The number of halogens is 4. The molecule has 82 valence electrons. The Morgan fingerprint density at radius 1 is 1.60 bits per heavy atom. The molecule has 0 saturated heterocycles. The summed E-state index contributed by atoms with van der Waals surface area (Å²) in [6.07, 6.45) is 1.08. The fourth-order valence-electron chi connectivity index (χ4n) is 0.826. The minimum atomic E-state index is -3.17. The number of nitrogens with zero attached hydrogens (tertiary/aromatic N) is 1. The van der Waals surface area contributed by atoms with Gasteiger partial charge in [0.1, 0.15) is 0 Å². The van der Waals surface area contributed by atoms with Crippen LogP contribution in [0.4, 0.5) is 13.2 Å². The molecule has 0 spiro atoms. The maximum absolute atomic E-state index is 12.6. The third-order valence-electron chi connectivity index (χ3n) is 1.44. The number of aromatic nitrogens is 1. The summed E-state index contributed by atoms with van der Waals surface area (Å²) in [4.78, 5) is 11.2. The predicted molar refractivity (Wildman–Crippen MR) is 50.4 cm³/mol. The van der Waals surface area contributed by atoms with E-state index < -0.39 is 23.2 Å². The lowest BCUT2D eigenvalue weighted by Crippen LogP contribution is -2.32. The summed E-state index contributed by atoms with van der Waals surface area (Å²) in [5.74, 6) is -1.62. The van der Waals surface area contributed by atoms with Crippen LogP contribution in [-0.2, 0) is 0 Å². The molecule has 0 bridgehead atoms. The van der Waals surface area contributed by atoms with Crippen LogP contribution in [0.25, 0.3) is 0 Å². The van der Waals surface area contributed by atoms with Crippen molar-refractivity contribution in [1.29, 1.82) is 0 Å². The molecule has 0 radical (unpaired) electrons. The topological polar surface area (TPSA) is 42.0 Å². The summed E-state index contributed by atoms with van der Waals surface area (Å²) < 4.78 is 37.1. The van der Waals surface area contributed by atoms with Crippen molar-refractivity contribution in [2.75, 3.05) is 6.54 Å². The molecule has 3 nitrogen and oxygen atoms in total. The Balaban J connectivity index is 2.62. The van der Waals surface area contributed by atoms with Crippen molar-refractivity contribution in [3.8, 4) is 0 Å². The summed E-state index contributed by atoms with van der Waals surface area (Å²) in [5, 5.41) is 1.94. The number of rotatable bonds is 3. The number of amides is 1. The number of alkyl halides is 3. The first-order valence-electron chi connectivity index (χ1n) is 3.85. The lowest BCUT2D eigenvalue weighted by atomic mass is 10.2. The van der Waals surface area contributed by atoms with E-state index in [-0.39, 0.29) is 5.56 Å². The van der Waals surface area contributed by atoms with E-state index in [1.165, 1.54) is 6.07 Å². The molecule has 0 aliphatic carbocycles. The zero-order valence-corrected chi connectivity index (χ0v) is 8.89. The van der Waals surface area contributed by atoms with E-state index in [4.69, 9.17) is 0 Å². The summed E-state index contributed by atoms with van der Waals surface area (Å²) in [5.41, 5.74) is -0.0562. The first kappa shape index (κ1) is 12.0. The fraction of sp³-hybridized carbons (Fsp3) is 0.250. The largest absolute Gasteiger partial charge is 0.345 e. The normalized spacial score (nSPS) is 11.2. The molecule has 1 aromatic rings. The highest BCUT2D eigenvalue weighted by molar-refractivity contribution is 9.10. The first-order valence-corrected chi connectivity index (χ1v) is 4.64. The molecule has 1 heterocycles. The average Bonchev–Trinajstić information content (AvgIpc) is 2.13. The second-order valence-corrected chi connectivity index (χ2v) is 3.83. The van der Waals surface area contributed by atoms with E-state index in [0.717, 1.165) is 12.3 Å². The Hall–Kier alpha value is -1.11. The summed E-state index contributed by atoms with van der Waals surface area (Å²) >= 11 is 2.06. The van der Waals surface area contributed by atoms with Crippen molar-refractivity contribution < 1.29 is 18.0 Å². The minimum absolute atomic E-state index is 0.0562. The van der Waals surface area contributed by atoms with Crippen molar-refractivity contribution in [3.05, 3.63) is 29.8 Å². The number of hydrogen-bond acceptors (Lipinski definition) is 2. The van der Waals surface area contributed by atoms with Crippen molar-refractivity contribution in [2.45, 2.75) is 4.83 Å². The zero-order chi connectivity index (χ0) is 11.5. The maximum atomic E-state index is 12.6. The van der Waals surface area contributed by atoms with E-state index in [1.807, 2.05) is 5.32 Å². The lowest BCUT2D eigenvalue weighted by molar-refractivity contribution is 0.0835. The van der Waals surface area contributed by atoms with Gasteiger partial charge in [0.05, 0.1) is 6.54 Å². The number of nitrogens with one attached hydrogen (secondary N) is 1. The predicted octanol–water partition coefficient (Wildman–Crippen LogP) is 1.94. The molecule has 1 N–H and O–H groups in total. The quantitative estimate of drug-likeness (QED) is 0.680. The molecule has 1 amide bonds. The number of carbonyl (C=O) groups is 1. The van der Waals surface area contributed by atoms with Gasteiger partial charge in [-0.15, -0.1) is 0 Å². The van der Waals surface area contributed by atoms with E-state index in [0.29, 0.717) is 0 Å². The molecular formula is C8H6BrF3N2O. The van der Waals surface area contributed by atoms with Gasteiger partial charge in [-0.05, 0) is 22.0 Å². The van der Waals surface area contributed by atoms with E-state index in [9.17, 15) is 18.0 Å². The van der Waals surface area contributed by atoms with Gasteiger partial charge in [-0.1, -0.05) is 0 Å². The molecule has 0 aliphatic heterocycles. The third-order valence-corrected chi connectivity index (χ3v) is 1.72. The van der Waals surface area contributed by atoms with Gasteiger partial charge in [0.15, 0.2) is 0 Å². The van der Waals surface area contributed by atoms with Crippen molar-refractivity contribution in [2.24, 2.45) is 0 Å². The number of pyridine rings is 1.